The Morgan fingerprint density at radius 3 is 2.55 bits per heavy atom. The van der Waals surface area contributed by atoms with E-state index in [2.05, 4.69) is 47.6 Å². The maximum atomic E-state index is 11.0. The van der Waals surface area contributed by atoms with E-state index < -0.39 is 5.60 Å². The van der Waals surface area contributed by atoms with Gasteiger partial charge in [-0.1, -0.05) is 24.3 Å². The fraction of sp³-hybridized carbons (Fsp3) is 0.526. The van der Waals surface area contributed by atoms with Gasteiger partial charge in [-0.3, -0.25) is 4.98 Å². The molecule has 2 aromatic rings. The van der Waals surface area contributed by atoms with E-state index in [9.17, 15) is 5.11 Å². The number of rotatable bonds is 6. The van der Waals surface area contributed by atoms with Crippen molar-refractivity contribution in [1.29, 1.82) is 0 Å². The van der Waals surface area contributed by atoms with Crippen LogP contribution in [0.1, 0.15) is 44.3 Å². The third-order valence-electron chi connectivity index (χ3n) is 5.37. The second-order valence-electron chi connectivity index (χ2n) is 7.06. The Morgan fingerprint density at radius 2 is 1.86 bits per heavy atom. The number of hydrogen-bond donors (Lipinski definition) is 2. The first-order valence-electron chi connectivity index (χ1n) is 8.48. The van der Waals surface area contributed by atoms with E-state index in [0.717, 1.165) is 5.69 Å². The lowest BCUT2D eigenvalue weighted by Gasteiger charge is -2.30. The molecule has 116 valence electrons. The summed E-state index contributed by atoms with van der Waals surface area (Å²) in [6, 6.07) is 10.6. The second kappa shape index (κ2) is 5.32. The first kappa shape index (κ1) is 14.2. The van der Waals surface area contributed by atoms with Gasteiger partial charge in [0.15, 0.2) is 0 Å². The third-order valence-corrected chi connectivity index (χ3v) is 5.37. The van der Waals surface area contributed by atoms with E-state index in [1.54, 1.807) is 0 Å². The molecule has 0 amide bonds. The van der Waals surface area contributed by atoms with Crippen LogP contribution >= 0.6 is 0 Å². The minimum absolute atomic E-state index is 0.148. The number of benzene rings is 1. The van der Waals surface area contributed by atoms with Gasteiger partial charge in [0, 0.05) is 24.2 Å². The van der Waals surface area contributed by atoms with Crippen molar-refractivity contribution in [3.63, 3.8) is 0 Å². The molecule has 4 rings (SSSR count). The molecular formula is C19H24N2O. The van der Waals surface area contributed by atoms with Gasteiger partial charge in [0.1, 0.15) is 0 Å². The van der Waals surface area contributed by atoms with Crippen molar-refractivity contribution in [2.45, 2.75) is 44.2 Å². The summed E-state index contributed by atoms with van der Waals surface area (Å²) in [5.41, 5.74) is 0.589. The third kappa shape index (κ3) is 2.53. The first-order valence-corrected chi connectivity index (χ1v) is 8.48. The molecule has 0 radical (unpaired) electrons. The summed E-state index contributed by atoms with van der Waals surface area (Å²) < 4.78 is 0. The molecule has 1 unspecified atom stereocenters. The van der Waals surface area contributed by atoms with Crippen LogP contribution in [0.15, 0.2) is 36.5 Å². The second-order valence-corrected chi connectivity index (χ2v) is 7.06. The topological polar surface area (TPSA) is 45.1 Å². The fourth-order valence-electron chi connectivity index (χ4n) is 3.69. The van der Waals surface area contributed by atoms with Crippen LogP contribution in [0.5, 0.6) is 0 Å². The van der Waals surface area contributed by atoms with Crippen LogP contribution in [0.3, 0.4) is 0 Å². The van der Waals surface area contributed by atoms with Crippen molar-refractivity contribution in [2.24, 2.45) is 11.8 Å². The molecule has 2 aliphatic rings. The zero-order valence-corrected chi connectivity index (χ0v) is 13.1. The smallest absolute Gasteiger partial charge is 0.0827 e. The molecule has 2 aliphatic carbocycles. The molecular weight excluding hydrogens is 272 g/mol. The summed E-state index contributed by atoms with van der Waals surface area (Å²) in [4.78, 5) is 4.58. The Morgan fingerprint density at radius 1 is 1.18 bits per heavy atom. The molecule has 2 N–H and O–H groups in total. The quantitative estimate of drug-likeness (QED) is 0.858. The molecule has 3 nitrogen and oxygen atoms in total. The number of nitrogens with one attached hydrogen (secondary N) is 1. The molecule has 1 aromatic heterocycles. The van der Waals surface area contributed by atoms with Gasteiger partial charge >= 0.3 is 0 Å². The van der Waals surface area contributed by atoms with E-state index in [1.165, 1.54) is 36.5 Å². The summed E-state index contributed by atoms with van der Waals surface area (Å²) in [6.45, 7) is 2.84. The predicted molar refractivity (Wildman–Crippen MR) is 88.6 cm³/mol. The standard InChI is InChI=1S/C19H24N2O/c1-13(18-17-5-3-2-4-14(17)10-11-20-18)21-12-19(22,15-6-7-15)16-8-9-16/h2-5,10-11,13,15-16,21-22H,6-9,12H2,1H3. The lowest BCUT2D eigenvalue weighted by Crippen LogP contribution is -2.45. The van der Waals surface area contributed by atoms with Crippen molar-refractivity contribution in [3.8, 4) is 0 Å². The summed E-state index contributed by atoms with van der Waals surface area (Å²) in [7, 11) is 0. The Hall–Kier alpha value is -1.45. The molecule has 0 saturated heterocycles. The molecule has 22 heavy (non-hydrogen) atoms. The van der Waals surface area contributed by atoms with Crippen molar-refractivity contribution in [1.82, 2.24) is 10.3 Å². The highest BCUT2D eigenvalue weighted by molar-refractivity contribution is 5.84. The minimum atomic E-state index is -0.487. The van der Waals surface area contributed by atoms with Gasteiger partial charge in [-0.25, -0.2) is 0 Å². The molecule has 2 saturated carbocycles. The minimum Gasteiger partial charge on any atom is -0.388 e. The van der Waals surface area contributed by atoms with Gasteiger partial charge in [0.05, 0.1) is 11.3 Å². The average molecular weight is 296 g/mol. The number of aromatic nitrogens is 1. The number of fused-ring (bicyclic) bond motifs is 1. The summed E-state index contributed by atoms with van der Waals surface area (Å²) in [5, 5.41) is 17.0. The van der Waals surface area contributed by atoms with Crippen molar-refractivity contribution in [2.75, 3.05) is 6.54 Å². The Labute approximate surface area is 131 Å². The molecule has 0 spiro atoms. The lowest BCUT2D eigenvalue weighted by atomic mass is 9.91. The zero-order valence-electron chi connectivity index (χ0n) is 13.1. The average Bonchev–Trinajstić information content (AvgIpc) is 3.42. The highest BCUT2D eigenvalue weighted by Gasteiger charge is 2.52. The summed E-state index contributed by atoms with van der Waals surface area (Å²) >= 11 is 0. The maximum absolute atomic E-state index is 11.0. The van der Waals surface area contributed by atoms with Gasteiger partial charge < -0.3 is 10.4 Å². The van der Waals surface area contributed by atoms with E-state index in [4.69, 9.17) is 0 Å². The first-order chi connectivity index (χ1) is 10.7. The highest BCUT2D eigenvalue weighted by Crippen LogP contribution is 2.51. The molecule has 2 fully saturated rings. The van der Waals surface area contributed by atoms with Crippen molar-refractivity contribution < 1.29 is 5.11 Å². The maximum Gasteiger partial charge on any atom is 0.0827 e. The Balaban J connectivity index is 1.52. The monoisotopic (exact) mass is 296 g/mol. The van der Waals surface area contributed by atoms with Gasteiger partial charge in [0.2, 0.25) is 0 Å². The normalized spacial score (nSPS) is 20.3. The molecule has 0 aliphatic heterocycles. The van der Waals surface area contributed by atoms with Gasteiger partial charge in [-0.15, -0.1) is 0 Å². The lowest BCUT2D eigenvalue weighted by molar-refractivity contribution is -0.00588. The Kier molecular flexibility index (Phi) is 3.43. The van der Waals surface area contributed by atoms with Gasteiger partial charge in [-0.2, -0.15) is 0 Å². The van der Waals surface area contributed by atoms with Crippen LogP contribution in [0.25, 0.3) is 10.8 Å². The van der Waals surface area contributed by atoms with Crippen LogP contribution in [0.2, 0.25) is 0 Å². The molecule has 1 aromatic carbocycles. The number of pyridine rings is 1. The SMILES string of the molecule is CC(NCC(O)(C1CC1)C1CC1)c1nccc2ccccc12. The molecule has 1 atom stereocenters. The van der Waals surface area contributed by atoms with Crippen LogP contribution in [-0.4, -0.2) is 22.2 Å². The van der Waals surface area contributed by atoms with E-state index in [0.29, 0.717) is 18.4 Å². The van der Waals surface area contributed by atoms with Gasteiger partial charge in [-0.05, 0) is 55.9 Å². The van der Waals surface area contributed by atoms with Crippen molar-refractivity contribution in [3.05, 3.63) is 42.2 Å². The summed E-state index contributed by atoms with van der Waals surface area (Å²) in [5.74, 6) is 1.03. The van der Waals surface area contributed by atoms with E-state index in [-0.39, 0.29) is 6.04 Å². The fourth-order valence-corrected chi connectivity index (χ4v) is 3.69. The highest BCUT2D eigenvalue weighted by atomic mass is 16.3. The molecule has 1 heterocycles. The van der Waals surface area contributed by atoms with Crippen LogP contribution in [0, 0.1) is 11.8 Å². The summed E-state index contributed by atoms with van der Waals surface area (Å²) in [6.07, 6.45) is 6.64. The molecule has 3 heteroatoms. The van der Waals surface area contributed by atoms with Crippen LogP contribution in [0.4, 0.5) is 0 Å². The number of hydrogen-bond acceptors (Lipinski definition) is 3. The van der Waals surface area contributed by atoms with Crippen molar-refractivity contribution >= 4 is 10.8 Å². The van der Waals surface area contributed by atoms with Gasteiger partial charge in [0.25, 0.3) is 0 Å². The predicted octanol–water partition coefficient (Wildman–Crippen LogP) is 3.44. The largest absolute Gasteiger partial charge is 0.388 e. The van der Waals surface area contributed by atoms with Crippen LogP contribution < -0.4 is 5.32 Å². The van der Waals surface area contributed by atoms with E-state index in [1.807, 2.05) is 6.20 Å². The Bertz CT molecular complexity index is 659. The molecule has 0 bridgehead atoms. The number of aliphatic hydroxyl groups is 1. The zero-order chi connectivity index (χ0) is 15.2. The van der Waals surface area contributed by atoms with E-state index >= 15 is 0 Å². The van der Waals surface area contributed by atoms with Crippen LogP contribution in [-0.2, 0) is 0 Å². The number of nitrogens with zero attached hydrogens (tertiary/aromatic N) is 1.